The number of carbonyl (C=O) groups is 1. The van der Waals surface area contributed by atoms with Gasteiger partial charge in [-0.2, -0.15) is 0 Å². The van der Waals surface area contributed by atoms with E-state index in [9.17, 15) is 4.79 Å². The lowest BCUT2D eigenvalue weighted by atomic mass is 10.2. The fraction of sp³-hybridized carbons (Fsp3) is 0.312. The van der Waals surface area contributed by atoms with E-state index in [0.717, 1.165) is 12.2 Å². The molecule has 0 amide bonds. The second-order valence-electron chi connectivity index (χ2n) is 4.90. The van der Waals surface area contributed by atoms with E-state index in [-0.39, 0.29) is 17.8 Å². The molecule has 21 heavy (non-hydrogen) atoms. The van der Waals surface area contributed by atoms with E-state index >= 15 is 0 Å². The average Bonchev–Trinajstić information content (AvgIpc) is 3.13. The van der Waals surface area contributed by atoms with Gasteiger partial charge >= 0.3 is 5.97 Å². The zero-order chi connectivity index (χ0) is 14.8. The van der Waals surface area contributed by atoms with Gasteiger partial charge in [0.1, 0.15) is 11.5 Å². The molecule has 0 radical (unpaired) electrons. The number of carbonyl (C=O) groups excluding carboxylic acids is 1. The minimum atomic E-state index is -0.247. The molecule has 1 aliphatic rings. The summed E-state index contributed by atoms with van der Waals surface area (Å²) < 4.78 is 21.0. The number of hydrogen-bond donors (Lipinski definition) is 0. The first-order valence-corrected chi connectivity index (χ1v) is 6.70. The van der Waals surface area contributed by atoms with Gasteiger partial charge in [-0.25, -0.2) is 0 Å². The lowest BCUT2D eigenvalue weighted by Crippen LogP contribution is -2.11. The molecular weight excluding hydrogens is 272 g/mol. The van der Waals surface area contributed by atoms with E-state index in [1.165, 1.54) is 7.11 Å². The predicted molar refractivity (Wildman–Crippen MR) is 74.7 cm³/mol. The van der Waals surface area contributed by atoms with Crippen molar-refractivity contribution < 1.29 is 23.4 Å². The van der Waals surface area contributed by atoms with E-state index in [1.54, 1.807) is 31.6 Å². The minimum absolute atomic E-state index is 0.132. The first kappa shape index (κ1) is 13.5. The topological polar surface area (TPSA) is 57.9 Å². The summed E-state index contributed by atoms with van der Waals surface area (Å²) >= 11 is 0. The van der Waals surface area contributed by atoms with Gasteiger partial charge in [-0.15, -0.1) is 0 Å². The van der Waals surface area contributed by atoms with Gasteiger partial charge in [0.2, 0.25) is 0 Å². The molecular formula is C16H16O5. The van der Waals surface area contributed by atoms with Crippen molar-refractivity contribution in [3.05, 3.63) is 42.4 Å². The molecule has 3 rings (SSSR count). The number of methoxy groups -OCH3 is 2. The first-order chi connectivity index (χ1) is 10.2. The average molecular weight is 288 g/mol. The highest BCUT2D eigenvalue weighted by Crippen LogP contribution is 2.48. The summed E-state index contributed by atoms with van der Waals surface area (Å²) in [6.45, 7) is 0. The maximum atomic E-state index is 12.1. The van der Waals surface area contributed by atoms with Crippen LogP contribution in [0.2, 0.25) is 0 Å². The van der Waals surface area contributed by atoms with E-state index in [0.29, 0.717) is 17.2 Å². The van der Waals surface area contributed by atoms with Crippen LogP contribution in [0.3, 0.4) is 0 Å². The Morgan fingerprint density at radius 2 is 2.00 bits per heavy atom. The van der Waals surface area contributed by atoms with Crippen LogP contribution in [0.25, 0.3) is 0 Å². The largest absolute Gasteiger partial charge is 0.493 e. The Bertz CT molecular complexity index is 632. The van der Waals surface area contributed by atoms with Crippen LogP contribution in [0.15, 0.2) is 41.0 Å². The zero-order valence-electron chi connectivity index (χ0n) is 11.9. The zero-order valence-corrected chi connectivity index (χ0v) is 11.9. The molecule has 1 aliphatic carbocycles. The number of furan rings is 1. The first-order valence-electron chi connectivity index (χ1n) is 6.70. The molecule has 1 heterocycles. The lowest BCUT2D eigenvalue weighted by molar-refractivity contribution is -0.136. The van der Waals surface area contributed by atoms with Crippen LogP contribution in [0, 0.1) is 5.92 Å². The maximum Gasteiger partial charge on any atom is 0.315 e. The molecule has 1 saturated carbocycles. The Morgan fingerprint density at radius 3 is 2.67 bits per heavy atom. The molecule has 0 saturated heterocycles. The molecule has 0 spiro atoms. The molecule has 1 fully saturated rings. The smallest absolute Gasteiger partial charge is 0.315 e. The monoisotopic (exact) mass is 288 g/mol. The van der Waals surface area contributed by atoms with Gasteiger partial charge in [0, 0.05) is 12.0 Å². The van der Waals surface area contributed by atoms with Crippen LogP contribution >= 0.6 is 0 Å². The molecule has 5 heteroatoms. The number of rotatable bonds is 5. The Labute approximate surface area is 122 Å². The molecule has 5 nitrogen and oxygen atoms in total. The summed E-state index contributed by atoms with van der Waals surface area (Å²) in [7, 11) is 3.10. The van der Waals surface area contributed by atoms with E-state index in [1.807, 2.05) is 12.1 Å². The molecule has 0 N–H and O–H groups in total. The third-order valence-corrected chi connectivity index (χ3v) is 3.58. The fourth-order valence-electron chi connectivity index (χ4n) is 2.34. The number of esters is 1. The summed E-state index contributed by atoms with van der Waals surface area (Å²) in [6.07, 6.45) is 2.38. The van der Waals surface area contributed by atoms with Crippen molar-refractivity contribution >= 4 is 5.97 Å². The molecule has 2 aromatic rings. The highest BCUT2D eigenvalue weighted by molar-refractivity contribution is 5.79. The van der Waals surface area contributed by atoms with Crippen molar-refractivity contribution in [1.82, 2.24) is 0 Å². The number of hydrogen-bond acceptors (Lipinski definition) is 5. The molecule has 0 bridgehead atoms. The summed E-state index contributed by atoms with van der Waals surface area (Å²) in [5, 5.41) is 0. The van der Waals surface area contributed by atoms with Crippen molar-refractivity contribution in [3.8, 4) is 17.2 Å². The van der Waals surface area contributed by atoms with Crippen molar-refractivity contribution in [1.29, 1.82) is 0 Å². The standard InChI is InChI=1S/C16H16O5/c1-18-14-6-5-10(8-15(14)19-2)21-16(17)12-9-11(12)13-4-3-7-20-13/h3-8,11-12H,9H2,1-2H3. The van der Waals surface area contributed by atoms with Gasteiger partial charge in [0.05, 0.1) is 26.4 Å². The SMILES string of the molecule is COc1ccc(OC(=O)C2CC2c2ccco2)cc1OC. The van der Waals surface area contributed by atoms with E-state index in [2.05, 4.69) is 0 Å². The second-order valence-corrected chi connectivity index (χ2v) is 4.90. The predicted octanol–water partition coefficient (Wildman–Crippen LogP) is 3.01. The summed E-state index contributed by atoms with van der Waals surface area (Å²) in [4.78, 5) is 12.1. The normalized spacial score (nSPS) is 19.9. The highest BCUT2D eigenvalue weighted by atomic mass is 16.5. The molecule has 1 aromatic carbocycles. The lowest BCUT2D eigenvalue weighted by Gasteiger charge is -2.09. The maximum absolute atomic E-state index is 12.1. The van der Waals surface area contributed by atoms with Crippen LogP contribution in [0.5, 0.6) is 17.2 Å². The van der Waals surface area contributed by atoms with Crippen molar-refractivity contribution in [3.63, 3.8) is 0 Å². The van der Waals surface area contributed by atoms with Gasteiger partial charge in [0.15, 0.2) is 11.5 Å². The number of benzene rings is 1. The Morgan fingerprint density at radius 1 is 1.19 bits per heavy atom. The molecule has 110 valence electrons. The summed E-state index contributed by atoms with van der Waals surface area (Å²) in [6, 6.07) is 8.74. The third-order valence-electron chi connectivity index (χ3n) is 3.58. The van der Waals surface area contributed by atoms with Crippen LogP contribution in [-0.2, 0) is 4.79 Å². The van der Waals surface area contributed by atoms with Gasteiger partial charge < -0.3 is 18.6 Å². The fourth-order valence-corrected chi connectivity index (χ4v) is 2.34. The summed E-state index contributed by atoms with van der Waals surface area (Å²) in [5.74, 6) is 2.16. The van der Waals surface area contributed by atoms with E-state index < -0.39 is 0 Å². The van der Waals surface area contributed by atoms with Crippen LogP contribution in [-0.4, -0.2) is 20.2 Å². The quantitative estimate of drug-likeness (QED) is 0.625. The Kier molecular flexibility index (Phi) is 3.56. The Hall–Kier alpha value is -2.43. The van der Waals surface area contributed by atoms with Gasteiger partial charge in [-0.05, 0) is 30.7 Å². The van der Waals surface area contributed by atoms with Gasteiger partial charge in [-0.1, -0.05) is 0 Å². The minimum Gasteiger partial charge on any atom is -0.493 e. The second kappa shape index (κ2) is 5.52. The molecule has 0 aliphatic heterocycles. The van der Waals surface area contributed by atoms with Crippen molar-refractivity contribution in [2.75, 3.05) is 14.2 Å². The van der Waals surface area contributed by atoms with Crippen LogP contribution < -0.4 is 14.2 Å². The van der Waals surface area contributed by atoms with Crippen molar-refractivity contribution in [2.45, 2.75) is 12.3 Å². The molecule has 2 atom stereocenters. The highest BCUT2D eigenvalue weighted by Gasteiger charge is 2.47. The van der Waals surface area contributed by atoms with Crippen LogP contribution in [0.1, 0.15) is 18.1 Å². The van der Waals surface area contributed by atoms with Crippen LogP contribution in [0.4, 0.5) is 0 Å². The third kappa shape index (κ3) is 2.72. The van der Waals surface area contributed by atoms with E-state index in [4.69, 9.17) is 18.6 Å². The molecule has 1 aromatic heterocycles. The van der Waals surface area contributed by atoms with Gasteiger partial charge in [0.25, 0.3) is 0 Å². The Balaban J connectivity index is 1.66. The summed E-state index contributed by atoms with van der Waals surface area (Å²) in [5.41, 5.74) is 0. The van der Waals surface area contributed by atoms with Gasteiger partial charge in [-0.3, -0.25) is 4.79 Å². The molecule has 2 unspecified atom stereocenters. The number of ether oxygens (including phenoxy) is 3. The van der Waals surface area contributed by atoms with Crippen molar-refractivity contribution in [2.24, 2.45) is 5.92 Å².